The minimum absolute atomic E-state index is 0.207. The number of esters is 1. The van der Waals surface area contributed by atoms with Gasteiger partial charge in [-0.1, -0.05) is 12.5 Å². The molecular weight excluding hydrogens is 314 g/mol. The van der Waals surface area contributed by atoms with E-state index < -0.39 is 0 Å². The Kier molecular flexibility index (Phi) is 4.30. The average molecular weight is 341 g/mol. The molecule has 25 heavy (non-hydrogen) atoms. The van der Waals surface area contributed by atoms with Crippen molar-refractivity contribution < 1.29 is 14.3 Å². The summed E-state index contributed by atoms with van der Waals surface area (Å²) in [5, 5.41) is 0. The van der Waals surface area contributed by atoms with E-state index in [2.05, 4.69) is 4.90 Å². The van der Waals surface area contributed by atoms with Gasteiger partial charge in [-0.3, -0.25) is 4.79 Å². The molecule has 0 bridgehead atoms. The molecule has 4 heteroatoms. The number of carbonyl (C=O) groups is 2. The Hall–Kier alpha value is -1.84. The Morgan fingerprint density at radius 2 is 2.08 bits per heavy atom. The quantitative estimate of drug-likeness (QED) is 0.792. The van der Waals surface area contributed by atoms with Crippen molar-refractivity contribution in [3.8, 4) is 0 Å². The summed E-state index contributed by atoms with van der Waals surface area (Å²) in [6.45, 7) is 1.90. The zero-order valence-corrected chi connectivity index (χ0v) is 15.1. The van der Waals surface area contributed by atoms with Crippen LogP contribution in [0, 0.1) is 11.3 Å². The lowest BCUT2D eigenvalue weighted by atomic mass is 9.66. The Balaban J connectivity index is 1.53. The fraction of sp³-hybridized carbons (Fsp3) is 0.619. The molecule has 1 saturated carbocycles. The summed E-state index contributed by atoms with van der Waals surface area (Å²) in [7, 11) is 1.41. The summed E-state index contributed by atoms with van der Waals surface area (Å²) in [4.78, 5) is 27.2. The third kappa shape index (κ3) is 2.96. The molecule has 3 aliphatic rings. The fourth-order valence-corrected chi connectivity index (χ4v) is 4.81. The Labute approximate surface area is 149 Å². The van der Waals surface area contributed by atoms with Crippen LogP contribution in [-0.2, 0) is 22.4 Å². The Morgan fingerprint density at radius 1 is 1.24 bits per heavy atom. The number of methoxy groups -OCH3 is 1. The van der Waals surface area contributed by atoms with Crippen LogP contribution >= 0.6 is 0 Å². The van der Waals surface area contributed by atoms with E-state index in [1.807, 2.05) is 18.2 Å². The maximum absolute atomic E-state index is 13.3. The molecule has 1 amide bonds. The number of nitrogens with zero attached hydrogens (tertiary/aromatic N) is 1. The SMILES string of the molecule is COC(=O)c1ccc2c(c1)CCC1(CCCN(CC3CCC3)C1=O)C2. The van der Waals surface area contributed by atoms with Crippen LogP contribution < -0.4 is 0 Å². The highest BCUT2D eigenvalue weighted by atomic mass is 16.5. The predicted molar refractivity (Wildman–Crippen MR) is 95.4 cm³/mol. The number of piperidine rings is 1. The minimum Gasteiger partial charge on any atom is -0.465 e. The maximum Gasteiger partial charge on any atom is 0.337 e. The first-order valence-corrected chi connectivity index (χ1v) is 9.61. The molecule has 0 aromatic heterocycles. The van der Waals surface area contributed by atoms with Gasteiger partial charge in [0.25, 0.3) is 0 Å². The molecule has 1 spiro atoms. The molecule has 0 N–H and O–H groups in total. The molecular formula is C21H27NO3. The third-order valence-electron chi connectivity index (χ3n) is 6.56. The fourth-order valence-electron chi connectivity index (χ4n) is 4.81. The van der Waals surface area contributed by atoms with Crippen LogP contribution in [0.5, 0.6) is 0 Å². The summed E-state index contributed by atoms with van der Waals surface area (Å²) in [6.07, 6.45) is 8.64. The van der Waals surface area contributed by atoms with Crippen LogP contribution in [0.15, 0.2) is 18.2 Å². The van der Waals surface area contributed by atoms with E-state index in [-0.39, 0.29) is 11.4 Å². The summed E-state index contributed by atoms with van der Waals surface area (Å²) in [5.41, 5.74) is 2.84. The standard InChI is InChI=1S/C21H27NO3/c1-25-19(23)17-6-7-18-13-21(10-8-16(18)12-17)9-3-11-22(20(21)24)14-15-4-2-5-15/h6-7,12,15H,2-5,8-11,13-14H2,1H3. The highest BCUT2D eigenvalue weighted by Crippen LogP contribution is 2.44. The number of carbonyl (C=O) groups excluding carboxylic acids is 2. The Morgan fingerprint density at radius 3 is 2.80 bits per heavy atom. The highest BCUT2D eigenvalue weighted by Gasteiger charge is 2.46. The number of fused-ring (bicyclic) bond motifs is 1. The van der Waals surface area contributed by atoms with Crippen LogP contribution in [0.4, 0.5) is 0 Å². The predicted octanol–water partition coefficient (Wildman–Crippen LogP) is 3.37. The van der Waals surface area contributed by atoms with Crippen molar-refractivity contribution in [3.63, 3.8) is 0 Å². The monoisotopic (exact) mass is 341 g/mol. The van der Waals surface area contributed by atoms with Crippen LogP contribution in [-0.4, -0.2) is 37.0 Å². The largest absolute Gasteiger partial charge is 0.465 e. The normalized spacial score (nSPS) is 26.3. The molecule has 134 valence electrons. The Bertz CT molecular complexity index is 694. The molecule has 2 aliphatic carbocycles. The second-order valence-electron chi connectivity index (χ2n) is 8.08. The molecule has 1 aromatic rings. The van der Waals surface area contributed by atoms with Gasteiger partial charge in [-0.05, 0) is 74.1 Å². The van der Waals surface area contributed by atoms with Crippen molar-refractivity contribution >= 4 is 11.9 Å². The van der Waals surface area contributed by atoms with E-state index in [4.69, 9.17) is 4.74 Å². The lowest BCUT2D eigenvalue weighted by molar-refractivity contribution is -0.148. The van der Waals surface area contributed by atoms with Gasteiger partial charge in [0.1, 0.15) is 0 Å². The molecule has 1 aliphatic heterocycles. The second-order valence-corrected chi connectivity index (χ2v) is 8.08. The van der Waals surface area contributed by atoms with E-state index in [9.17, 15) is 9.59 Å². The van der Waals surface area contributed by atoms with Gasteiger partial charge in [0.2, 0.25) is 5.91 Å². The number of likely N-dealkylation sites (tertiary alicyclic amines) is 1. The second kappa shape index (κ2) is 6.47. The van der Waals surface area contributed by atoms with Crippen molar-refractivity contribution in [1.82, 2.24) is 4.90 Å². The van der Waals surface area contributed by atoms with E-state index in [1.54, 1.807) is 0 Å². The number of ether oxygens (including phenoxy) is 1. The highest BCUT2D eigenvalue weighted by molar-refractivity contribution is 5.90. The van der Waals surface area contributed by atoms with Crippen LogP contribution in [0.1, 0.15) is 60.0 Å². The van der Waals surface area contributed by atoms with Gasteiger partial charge in [0.15, 0.2) is 0 Å². The number of hydrogen-bond donors (Lipinski definition) is 0. The lowest BCUT2D eigenvalue weighted by Crippen LogP contribution is -2.52. The number of benzene rings is 1. The smallest absolute Gasteiger partial charge is 0.337 e. The molecule has 2 fully saturated rings. The topological polar surface area (TPSA) is 46.6 Å². The van der Waals surface area contributed by atoms with Gasteiger partial charge in [0.05, 0.1) is 18.1 Å². The van der Waals surface area contributed by atoms with E-state index in [1.165, 1.54) is 37.5 Å². The van der Waals surface area contributed by atoms with Gasteiger partial charge >= 0.3 is 5.97 Å². The molecule has 1 heterocycles. The lowest BCUT2D eigenvalue weighted by Gasteiger charge is -2.46. The van der Waals surface area contributed by atoms with E-state index in [0.717, 1.165) is 51.1 Å². The maximum atomic E-state index is 13.3. The number of rotatable bonds is 3. The zero-order valence-electron chi connectivity index (χ0n) is 15.1. The van der Waals surface area contributed by atoms with Crippen molar-refractivity contribution in [2.24, 2.45) is 11.3 Å². The van der Waals surface area contributed by atoms with Crippen molar-refractivity contribution in [2.45, 2.75) is 51.4 Å². The van der Waals surface area contributed by atoms with Gasteiger partial charge in [-0.15, -0.1) is 0 Å². The third-order valence-corrected chi connectivity index (χ3v) is 6.56. The molecule has 1 unspecified atom stereocenters. The first kappa shape index (κ1) is 16.6. The number of amides is 1. The van der Waals surface area contributed by atoms with Crippen molar-refractivity contribution in [2.75, 3.05) is 20.2 Å². The summed E-state index contributed by atoms with van der Waals surface area (Å²) < 4.78 is 4.82. The van der Waals surface area contributed by atoms with Gasteiger partial charge in [-0.25, -0.2) is 4.79 Å². The molecule has 4 nitrogen and oxygen atoms in total. The van der Waals surface area contributed by atoms with Crippen LogP contribution in [0.25, 0.3) is 0 Å². The van der Waals surface area contributed by atoms with Gasteiger partial charge in [0, 0.05) is 13.1 Å². The molecule has 1 saturated heterocycles. The van der Waals surface area contributed by atoms with Gasteiger partial charge < -0.3 is 9.64 Å². The number of hydrogen-bond acceptors (Lipinski definition) is 3. The van der Waals surface area contributed by atoms with Crippen molar-refractivity contribution in [3.05, 3.63) is 34.9 Å². The molecule has 4 rings (SSSR count). The molecule has 1 atom stereocenters. The summed E-state index contributed by atoms with van der Waals surface area (Å²) >= 11 is 0. The first-order chi connectivity index (χ1) is 12.1. The van der Waals surface area contributed by atoms with Crippen LogP contribution in [0.3, 0.4) is 0 Å². The first-order valence-electron chi connectivity index (χ1n) is 9.61. The summed E-state index contributed by atoms with van der Waals surface area (Å²) in [5.74, 6) is 0.828. The summed E-state index contributed by atoms with van der Waals surface area (Å²) in [6, 6.07) is 5.82. The van der Waals surface area contributed by atoms with E-state index in [0.29, 0.717) is 11.5 Å². The van der Waals surface area contributed by atoms with Gasteiger partial charge in [-0.2, -0.15) is 0 Å². The van der Waals surface area contributed by atoms with Crippen LogP contribution in [0.2, 0.25) is 0 Å². The zero-order chi connectivity index (χ0) is 17.4. The average Bonchev–Trinajstić information content (AvgIpc) is 2.60. The number of aryl methyl sites for hydroxylation is 1. The van der Waals surface area contributed by atoms with E-state index >= 15 is 0 Å². The molecule has 0 radical (unpaired) electrons. The minimum atomic E-state index is -0.288. The van der Waals surface area contributed by atoms with Crippen molar-refractivity contribution in [1.29, 1.82) is 0 Å². The molecule has 1 aromatic carbocycles.